The Hall–Kier alpha value is -2.55. The number of fused-ring (bicyclic) bond motifs is 1. The molecule has 94 valence electrons. The number of para-hydroxylation sites is 2. The minimum Gasteiger partial charge on any atom is -0.399 e. The number of hydrogen-bond donors (Lipinski definition) is 1. The molecular weight excluding hydrogens is 234 g/mol. The quantitative estimate of drug-likeness (QED) is 0.708. The Morgan fingerprint density at radius 1 is 1.00 bits per heavy atom. The van der Waals surface area contributed by atoms with Crippen LogP contribution in [0.5, 0.6) is 0 Å². The average Bonchev–Trinajstić information content (AvgIpc) is 2.76. The number of imidazole rings is 1. The summed E-state index contributed by atoms with van der Waals surface area (Å²) in [7, 11) is 2.03. The van der Waals surface area contributed by atoms with E-state index in [4.69, 9.17) is 5.73 Å². The molecule has 1 heterocycles. The first kappa shape index (κ1) is 11.5. The summed E-state index contributed by atoms with van der Waals surface area (Å²) in [5.41, 5.74) is 9.71. The van der Waals surface area contributed by atoms with Crippen LogP contribution >= 0.6 is 0 Å². The molecule has 19 heavy (non-hydrogen) atoms. The highest BCUT2D eigenvalue weighted by Crippen LogP contribution is 2.16. The van der Waals surface area contributed by atoms with Gasteiger partial charge in [0.15, 0.2) is 0 Å². The van der Waals surface area contributed by atoms with Gasteiger partial charge in [-0.25, -0.2) is 4.98 Å². The topological polar surface area (TPSA) is 43.8 Å². The van der Waals surface area contributed by atoms with Gasteiger partial charge in [0.2, 0.25) is 0 Å². The second kappa shape index (κ2) is 4.61. The van der Waals surface area contributed by atoms with Crippen LogP contribution in [0.15, 0.2) is 48.5 Å². The molecule has 0 radical (unpaired) electrons. The molecule has 0 aliphatic carbocycles. The Labute approximate surface area is 112 Å². The zero-order chi connectivity index (χ0) is 13.2. The van der Waals surface area contributed by atoms with Gasteiger partial charge < -0.3 is 10.3 Å². The minimum atomic E-state index is 0.778. The van der Waals surface area contributed by atoms with E-state index in [1.807, 2.05) is 61.7 Å². The SMILES string of the molecule is Cn1c(/C=C/c2ccc(N)cc2)nc2ccccc21. The summed E-state index contributed by atoms with van der Waals surface area (Å²) in [5, 5.41) is 0. The van der Waals surface area contributed by atoms with Crippen molar-refractivity contribution in [2.75, 3.05) is 5.73 Å². The average molecular weight is 249 g/mol. The lowest BCUT2D eigenvalue weighted by Crippen LogP contribution is -1.90. The van der Waals surface area contributed by atoms with Crippen LogP contribution in [0.3, 0.4) is 0 Å². The van der Waals surface area contributed by atoms with Crippen molar-refractivity contribution in [3.8, 4) is 0 Å². The fourth-order valence-corrected chi connectivity index (χ4v) is 2.09. The van der Waals surface area contributed by atoms with Gasteiger partial charge in [-0.05, 0) is 35.9 Å². The molecule has 0 bridgehead atoms. The lowest BCUT2D eigenvalue weighted by Gasteiger charge is -1.97. The van der Waals surface area contributed by atoms with Crippen molar-refractivity contribution < 1.29 is 0 Å². The van der Waals surface area contributed by atoms with Crippen LogP contribution in [0.25, 0.3) is 23.2 Å². The first-order valence-electron chi connectivity index (χ1n) is 6.19. The second-order valence-corrected chi connectivity index (χ2v) is 4.52. The highest BCUT2D eigenvalue weighted by atomic mass is 15.0. The molecule has 0 fully saturated rings. The number of rotatable bonds is 2. The Bertz CT molecular complexity index is 736. The highest BCUT2D eigenvalue weighted by Gasteiger charge is 2.03. The van der Waals surface area contributed by atoms with Crippen molar-refractivity contribution in [1.82, 2.24) is 9.55 Å². The van der Waals surface area contributed by atoms with E-state index in [0.717, 1.165) is 28.1 Å². The standard InChI is InChI=1S/C16H15N3/c1-19-15-5-3-2-4-14(15)18-16(19)11-8-12-6-9-13(17)10-7-12/h2-11H,17H2,1H3/b11-8+. The maximum Gasteiger partial charge on any atom is 0.133 e. The molecule has 0 amide bonds. The Balaban J connectivity index is 1.97. The van der Waals surface area contributed by atoms with Crippen LogP contribution in [0.4, 0.5) is 5.69 Å². The number of benzene rings is 2. The fraction of sp³-hybridized carbons (Fsp3) is 0.0625. The van der Waals surface area contributed by atoms with Gasteiger partial charge in [0.1, 0.15) is 5.82 Å². The molecular formula is C16H15N3. The molecule has 3 nitrogen and oxygen atoms in total. The molecule has 0 saturated carbocycles. The molecule has 2 aromatic carbocycles. The van der Waals surface area contributed by atoms with E-state index in [9.17, 15) is 0 Å². The number of nitrogens with two attached hydrogens (primary N) is 1. The van der Waals surface area contributed by atoms with Gasteiger partial charge in [0.05, 0.1) is 11.0 Å². The third-order valence-electron chi connectivity index (χ3n) is 3.18. The number of aromatic nitrogens is 2. The van der Waals surface area contributed by atoms with Crippen molar-refractivity contribution in [2.45, 2.75) is 0 Å². The first-order chi connectivity index (χ1) is 9.24. The van der Waals surface area contributed by atoms with E-state index < -0.39 is 0 Å². The number of aryl methyl sites for hydroxylation is 1. The highest BCUT2D eigenvalue weighted by molar-refractivity contribution is 5.79. The molecule has 0 saturated heterocycles. The number of nitrogens with zero attached hydrogens (tertiary/aromatic N) is 2. The maximum atomic E-state index is 5.67. The van der Waals surface area contributed by atoms with Crippen molar-refractivity contribution in [2.24, 2.45) is 7.05 Å². The number of nitrogen functional groups attached to an aromatic ring is 1. The molecule has 0 aliphatic heterocycles. The van der Waals surface area contributed by atoms with E-state index in [1.54, 1.807) is 0 Å². The molecule has 1 aromatic heterocycles. The molecule has 0 unspecified atom stereocenters. The molecule has 0 spiro atoms. The van der Waals surface area contributed by atoms with Gasteiger partial charge in [-0.2, -0.15) is 0 Å². The van der Waals surface area contributed by atoms with Gasteiger partial charge in [-0.1, -0.05) is 30.3 Å². The summed E-state index contributed by atoms with van der Waals surface area (Å²) >= 11 is 0. The van der Waals surface area contributed by atoms with E-state index >= 15 is 0 Å². The van der Waals surface area contributed by atoms with Crippen molar-refractivity contribution >= 4 is 28.9 Å². The largest absolute Gasteiger partial charge is 0.399 e. The molecule has 0 aliphatic rings. The van der Waals surface area contributed by atoms with Crippen LogP contribution in [-0.4, -0.2) is 9.55 Å². The van der Waals surface area contributed by atoms with E-state index in [-0.39, 0.29) is 0 Å². The smallest absolute Gasteiger partial charge is 0.133 e. The lowest BCUT2D eigenvalue weighted by molar-refractivity contribution is 0.930. The zero-order valence-electron chi connectivity index (χ0n) is 10.7. The molecule has 3 rings (SSSR count). The van der Waals surface area contributed by atoms with Crippen LogP contribution in [0.1, 0.15) is 11.4 Å². The van der Waals surface area contributed by atoms with Gasteiger partial charge in [0.25, 0.3) is 0 Å². The summed E-state index contributed by atoms with van der Waals surface area (Å²) in [5.74, 6) is 0.943. The third kappa shape index (κ3) is 2.22. The van der Waals surface area contributed by atoms with Crippen molar-refractivity contribution in [3.05, 3.63) is 59.9 Å². The Kier molecular flexibility index (Phi) is 2.80. The monoisotopic (exact) mass is 249 g/mol. The van der Waals surface area contributed by atoms with Crippen LogP contribution in [-0.2, 0) is 7.05 Å². The lowest BCUT2D eigenvalue weighted by atomic mass is 10.2. The van der Waals surface area contributed by atoms with Crippen LogP contribution in [0.2, 0.25) is 0 Å². The number of anilines is 1. The third-order valence-corrected chi connectivity index (χ3v) is 3.18. The summed E-state index contributed by atoms with van der Waals surface area (Å²) < 4.78 is 2.09. The zero-order valence-corrected chi connectivity index (χ0v) is 10.7. The molecule has 3 aromatic rings. The van der Waals surface area contributed by atoms with Crippen LogP contribution < -0.4 is 5.73 Å². The van der Waals surface area contributed by atoms with Crippen molar-refractivity contribution in [3.63, 3.8) is 0 Å². The van der Waals surface area contributed by atoms with Gasteiger partial charge >= 0.3 is 0 Å². The van der Waals surface area contributed by atoms with Gasteiger partial charge in [-0.15, -0.1) is 0 Å². The second-order valence-electron chi connectivity index (χ2n) is 4.52. The van der Waals surface area contributed by atoms with Gasteiger partial charge in [0, 0.05) is 12.7 Å². The Morgan fingerprint density at radius 2 is 1.74 bits per heavy atom. The van der Waals surface area contributed by atoms with E-state index in [1.165, 1.54) is 0 Å². The summed E-state index contributed by atoms with van der Waals surface area (Å²) in [4.78, 5) is 4.60. The predicted octanol–water partition coefficient (Wildman–Crippen LogP) is 3.33. The predicted molar refractivity (Wildman–Crippen MR) is 80.5 cm³/mol. The molecule has 0 atom stereocenters. The fourth-order valence-electron chi connectivity index (χ4n) is 2.09. The van der Waals surface area contributed by atoms with Crippen molar-refractivity contribution in [1.29, 1.82) is 0 Å². The Morgan fingerprint density at radius 3 is 2.47 bits per heavy atom. The van der Waals surface area contributed by atoms with E-state index in [2.05, 4.69) is 15.6 Å². The summed E-state index contributed by atoms with van der Waals surface area (Å²) in [6, 6.07) is 15.9. The van der Waals surface area contributed by atoms with Crippen LogP contribution in [0, 0.1) is 0 Å². The van der Waals surface area contributed by atoms with E-state index in [0.29, 0.717) is 0 Å². The number of hydrogen-bond acceptors (Lipinski definition) is 2. The molecule has 3 heteroatoms. The normalized spacial score (nSPS) is 11.4. The first-order valence-corrected chi connectivity index (χ1v) is 6.19. The maximum absolute atomic E-state index is 5.67. The summed E-state index contributed by atoms with van der Waals surface area (Å²) in [6.45, 7) is 0. The molecule has 2 N–H and O–H groups in total. The minimum absolute atomic E-state index is 0.778. The van der Waals surface area contributed by atoms with Gasteiger partial charge in [-0.3, -0.25) is 0 Å². The summed E-state index contributed by atoms with van der Waals surface area (Å²) in [6.07, 6.45) is 4.06.